The van der Waals surface area contributed by atoms with Crippen LogP contribution in [0.25, 0.3) is 0 Å². The SMILES string of the molecule is COc1ccc(CNCC(C)(C)SC)cc1OC(F)F. The zero-order valence-electron chi connectivity index (χ0n) is 12.2. The van der Waals surface area contributed by atoms with Gasteiger partial charge in [0.25, 0.3) is 0 Å². The first-order valence-corrected chi connectivity index (χ1v) is 7.48. The van der Waals surface area contributed by atoms with Crippen LogP contribution in [-0.2, 0) is 6.54 Å². The standard InChI is InChI=1S/C14H21F2NO2S/c1-14(2,20-4)9-17-8-10-5-6-11(18-3)12(7-10)19-13(15)16/h5-7,13,17H,8-9H2,1-4H3. The molecule has 3 nitrogen and oxygen atoms in total. The molecule has 0 spiro atoms. The Morgan fingerprint density at radius 3 is 2.55 bits per heavy atom. The van der Waals surface area contributed by atoms with E-state index in [2.05, 4.69) is 30.2 Å². The minimum Gasteiger partial charge on any atom is -0.493 e. The Hall–Kier alpha value is -1.01. The summed E-state index contributed by atoms with van der Waals surface area (Å²) in [6, 6.07) is 5.04. The van der Waals surface area contributed by atoms with Crippen LogP contribution >= 0.6 is 11.8 Å². The lowest BCUT2D eigenvalue weighted by Gasteiger charge is -2.22. The summed E-state index contributed by atoms with van der Waals surface area (Å²) in [5, 5.41) is 3.31. The van der Waals surface area contributed by atoms with Gasteiger partial charge in [-0.15, -0.1) is 0 Å². The van der Waals surface area contributed by atoms with Crippen LogP contribution in [0, 0.1) is 0 Å². The maximum atomic E-state index is 12.3. The fraction of sp³-hybridized carbons (Fsp3) is 0.571. The Bertz CT molecular complexity index is 428. The summed E-state index contributed by atoms with van der Waals surface area (Å²) in [5.74, 6) is 0.365. The zero-order valence-corrected chi connectivity index (χ0v) is 13.0. The minimum atomic E-state index is -2.86. The Labute approximate surface area is 123 Å². The molecule has 0 aliphatic carbocycles. The lowest BCUT2D eigenvalue weighted by Crippen LogP contribution is -2.31. The van der Waals surface area contributed by atoms with Gasteiger partial charge in [-0.25, -0.2) is 0 Å². The molecule has 0 amide bonds. The van der Waals surface area contributed by atoms with Crippen molar-refractivity contribution in [2.75, 3.05) is 19.9 Å². The van der Waals surface area contributed by atoms with Crippen molar-refractivity contribution in [2.24, 2.45) is 0 Å². The molecule has 114 valence electrons. The van der Waals surface area contributed by atoms with Gasteiger partial charge in [0.1, 0.15) is 0 Å². The van der Waals surface area contributed by atoms with Crippen LogP contribution in [0.5, 0.6) is 11.5 Å². The summed E-state index contributed by atoms with van der Waals surface area (Å²) in [7, 11) is 1.42. The minimum absolute atomic E-state index is 0.0610. The molecule has 1 rings (SSSR count). The molecular formula is C14H21F2NO2S. The van der Waals surface area contributed by atoms with Crippen LogP contribution in [0.3, 0.4) is 0 Å². The monoisotopic (exact) mass is 305 g/mol. The Kier molecular flexibility index (Phi) is 6.55. The normalized spacial score (nSPS) is 11.8. The van der Waals surface area contributed by atoms with Gasteiger partial charge in [0, 0.05) is 17.8 Å². The van der Waals surface area contributed by atoms with E-state index in [4.69, 9.17) is 4.74 Å². The molecule has 6 heteroatoms. The van der Waals surface area contributed by atoms with Crippen molar-refractivity contribution in [1.82, 2.24) is 5.32 Å². The van der Waals surface area contributed by atoms with Gasteiger partial charge in [-0.2, -0.15) is 20.5 Å². The molecule has 0 saturated carbocycles. The maximum absolute atomic E-state index is 12.3. The number of hydrogen-bond acceptors (Lipinski definition) is 4. The van der Waals surface area contributed by atoms with Crippen LogP contribution in [0.2, 0.25) is 0 Å². The number of nitrogens with one attached hydrogen (secondary N) is 1. The molecule has 0 aromatic heterocycles. The fourth-order valence-electron chi connectivity index (χ4n) is 1.60. The number of hydrogen-bond donors (Lipinski definition) is 1. The second kappa shape index (κ2) is 7.69. The van der Waals surface area contributed by atoms with E-state index >= 15 is 0 Å². The third-order valence-corrected chi connectivity index (χ3v) is 4.13. The second-order valence-electron chi connectivity index (χ2n) is 4.93. The molecule has 0 aliphatic heterocycles. The van der Waals surface area contributed by atoms with Gasteiger partial charge in [0.15, 0.2) is 11.5 Å². The van der Waals surface area contributed by atoms with Crippen molar-refractivity contribution in [1.29, 1.82) is 0 Å². The molecule has 0 heterocycles. The van der Waals surface area contributed by atoms with Crippen LogP contribution < -0.4 is 14.8 Å². The van der Waals surface area contributed by atoms with E-state index in [1.54, 1.807) is 23.9 Å². The highest BCUT2D eigenvalue weighted by atomic mass is 32.2. The number of benzene rings is 1. The molecule has 0 bridgehead atoms. The van der Waals surface area contributed by atoms with Gasteiger partial charge in [-0.1, -0.05) is 6.07 Å². The van der Waals surface area contributed by atoms with Crippen LogP contribution in [0.1, 0.15) is 19.4 Å². The molecule has 0 fully saturated rings. The van der Waals surface area contributed by atoms with E-state index in [0.717, 1.165) is 12.1 Å². The van der Waals surface area contributed by atoms with E-state index in [1.165, 1.54) is 7.11 Å². The van der Waals surface area contributed by atoms with Crippen molar-refractivity contribution in [3.8, 4) is 11.5 Å². The summed E-state index contributed by atoms with van der Waals surface area (Å²) < 4.78 is 34.2. The predicted molar refractivity (Wildman–Crippen MR) is 78.9 cm³/mol. The summed E-state index contributed by atoms with van der Waals surface area (Å²) in [5.41, 5.74) is 0.873. The molecule has 0 saturated heterocycles. The number of alkyl halides is 2. The highest BCUT2D eigenvalue weighted by Crippen LogP contribution is 2.29. The number of ether oxygens (including phenoxy) is 2. The van der Waals surface area contributed by atoms with E-state index in [1.807, 2.05) is 6.07 Å². The van der Waals surface area contributed by atoms with Crippen molar-refractivity contribution < 1.29 is 18.3 Å². The number of halogens is 2. The number of thioether (sulfide) groups is 1. The highest BCUT2D eigenvalue weighted by molar-refractivity contribution is 7.99. The molecule has 1 aromatic rings. The van der Waals surface area contributed by atoms with Gasteiger partial charge in [0.2, 0.25) is 0 Å². The first-order chi connectivity index (χ1) is 9.38. The summed E-state index contributed by atoms with van der Waals surface area (Å²) in [6.45, 7) is 2.84. The molecule has 0 aliphatic rings. The summed E-state index contributed by atoms with van der Waals surface area (Å²) in [6.07, 6.45) is 2.06. The molecule has 1 aromatic carbocycles. The molecule has 0 radical (unpaired) electrons. The number of rotatable bonds is 8. The maximum Gasteiger partial charge on any atom is 0.387 e. The van der Waals surface area contributed by atoms with Crippen LogP contribution in [-0.4, -0.2) is 31.3 Å². The van der Waals surface area contributed by atoms with Crippen molar-refractivity contribution >= 4 is 11.8 Å². The highest BCUT2D eigenvalue weighted by Gasteiger charge is 2.15. The molecule has 1 N–H and O–H groups in total. The third-order valence-electron chi connectivity index (χ3n) is 2.88. The largest absolute Gasteiger partial charge is 0.493 e. The lowest BCUT2D eigenvalue weighted by atomic mass is 10.1. The molecular weight excluding hydrogens is 284 g/mol. The predicted octanol–water partition coefficient (Wildman–Crippen LogP) is 3.53. The Morgan fingerprint density at radius 1 is 1.30 bits per heavy atom. The van der Waals surface area contributed by atoms with Crippen molar-refractivity contribution in [3.05, 3.63) is 23.8 Å². The Balaban J connectivity index is 2.67. The van der Waals surface area contributed by atoms with Crippen molar-refractivity contribution in [3.63, 3.8) is 0 Å². The smallest absolute Gasteiger partial charge is 0.387 e. The summed E-state index contributed by atoms with van der Waals surface area (Å²) >= 11 is 1.77. The number of methoxy groups -OCH3 is 1. The quantitative estimate of drug-likeness (QED) is 0.796. The van der Waals surface area contributed by atoms with Gasteiger partial charge in [0.05, 0.1) is 7.11 Å². The van der Waals surface area contributed by atoms with E-state index < -0.39 is 6.61 Å². The topological polar surface area (TPSA) is 30.5 Å². The van der Waals surface area contributed by atoms with Crippen LogP contribution in [0.15, 0.2) is 18.2 Å². The average Bonchev–Trinajstić information content (AvgIpc) is 2.38. The van der Waals surface area contributed by atoms with Gasteiger partial charge < -0.3 is 14.8 Å². The lowest BCUT2D eigenvalue weighted by molar-refractivity contribution is -0.0512. The summed E-state index contributed by atoms with van der Waals surface area (Å²) in [4.78, 5) is 0. The van der Waals surface area contributed by atoms with Gasteiger partial charge in [-0.05, 0) is 37.8 Å². The molecule has 20 heavy (non-hydrogen) atoms. The van der Waals surface area contributed by atoms with Gasteiger partial charge in [-0.3, -0.25) is 0 Å². The second-order valence-corrected chi connectivity index (χ2v) is 6.44. The fourth-order valence-corrected chi connectivity index (χ4v) is 1.85. The molecule has 0 unspecified atom stereocenters. The van der Waals surface area contributed by atoms with Crippen LogP contribution in [0.4, 0.5) is 8.78 Å². The van der Waals surface area contributed by atoms with E-state index in [0.29, 0.717) is 12.3 Å². The first-order valence-electron chi connectivity index (χ1n) is 6.25. The van der Waals surface area contributed by atoms with E-state index in [-0.39, 0.29) is 10.5 Å². The Morgan fingerprint density at radius 2 is 2.00 bits per heavy atom. The third kappa shape index (κ3) is 5.54. The van der Waals surface area contributed by atoms with E-state index in [9.17, 15) is 8.78 Å². The van der Waals surface area contributed by atoms with Crippen molar-refractivity contribution in [2.45, 2.75) is 31.8 Å². The zero-order chi connectivity index (χ0) is 15.2. The first kappa shape index (κ1) is 17.0. The molecule has 0 atom stereocenters. The van der Waals surface area contributed by atoms with Gasteiger partial charge >= 0.3 is 6.61 Å². The average molecular weight is 305 g/mol.